The summed E-state index contributed by atoms with van der Waals surface area (Å²) in [6.07, 6.45) is 1.86. The van der Waals surface area contributed by atoms with E-state index in [9.17, 15) is 13.2 Å². The zero-order chi connectivity index (χ0) is 20.9. The number of rotatable bonds is 8. The number of carbonyl (C=O) groups is 1. The van der Waals surface area contributed by atoms with Crippen molar-refractivity contribution in [3.05, 3.63) is 70.3 Å². The Kier molecular flexibility index (Phi) is 7.38. The predicted molar refractivity (Wildman–Crippen MR) is 114 cm³/mol. The molecule has 6 heteroatoms. The van der Waals surface area contributed by atoms with Crippen LogP contribution in [0.25, 0.3) is 0 Å². The number of hydrogen-bond acceptors (Lipinski definition) is 3. The summed E-state index contributed by atoms with van der Waals surface area (Å²) in [7, 11) is -3.52. The Bertz CT molecular complexity index is 921. The molecule has 28 heavy (non-hydrogen) atoms. The number of sulfonamides is 1. The van der Waals surface area contributed by atoms with E-state index in [1.165, 1.54) is 9.87 Å². The molecule has 1 N–H and O–H groups in total. The van der Waals surface area contributed by atoms with Crippen molar-refractivity contribution in [2.75, 3.05) is 12.8 Å². The number of hydrogen-bond donors (Lipinski definition) is 1. The van der Waals surface area contributed by atoms with Crippen LogP contribution in [0.5, 0.6) is 0 Å². The van der Waals surface area contributed by atoms with Gasteiger partial charge >= 0.3 is 0 Å². The van der Waals surface area contributed by atoms with Crippen LogP contribution in [0, 0.1) is 20.8 Å². The second-order valence-electron chi connectivity index (χ2n) is 7.41. The number of carbonyl (C=O) groups excluding carboxylic acids is 1. The fourth-order valence-electron chi connectivity index (χ4n) is 3.20. The van der Waals surface area contributed by atoms with E-state index in [1.807, 2.05) is 64.1 Å². The summed E-state index contributed by atoms with van der Waals surface area (Å²) in [5.41, 5.74) is 5.30. The standard InChI is InChI=1S/C22H30N2O3S/c1-6-21(20-12-9-17(3)13-18(20)4)23-22(25)15-24(28(5,26)27)14-19-10-7-16(2)8-11-19/h7-13,21H,6,14-15H2,1-5H3,(H,23,25)/t21-/m0/s1. The summed E-state index contributed by atoms with van der Waals surface area (Å²) in [4.78, 5) is 12.6. The van der Waals surface area contributed by atoms with Crippen molar-refractivity contribution in [3.63, 3.8) is 0 Å². The summed E-state index contributed by atoms with van der Waals surface area (Å²) in [6, 6.07) is 13.6. The molecule has 0 heterocycles. The largest absolute Gasteiger partial charge is 0.348 e. The Morgan fingerprint density at radius 1 is 1.04 bits per heavy atom. The molecule has 0 bridgehead atoms. The van der Waals surface area contributed by atoms with Gasteiger partial charge in [0.1, 0.15) is 0 Å². The van der Waals surface area contributed by atoms with Crippen LogP contribution in [0.2, 0.25) is 0 Å². The maximum Gasteiger partial charge on any atom is 0.235 e. The van der Waals surface area contributed by atoms with Crippen molar-refractivity contribution in [2.24, 2.45) is 0 Å². The summed E-state index contributed by atoms with van der Waals surface area (Å²) < 4.78 is 25.6. The van der Waals surface area contributed by atoms with Gasteiger partial charge in [0, 0.05) is 6.54 Å². The molecule has 152 valence electrons. The quantitative estimate of drug-likeness (QED) is 0.733. The maximum atomic E-state index is 12.6. The molecule has 1 atom stereocenters. The number of nitrogens with zero attached hydrogens (tertiary/aromatic N) is 1. The fraction of sp³-hybridized carbons (Fsp3) is 0.409. The van der Waals surface area contributed by atoms with Crippen LogP contribution in [0.3, 0.4) is 0 Å². The van der Waals surface area contributed by atoms with Crippen molar-refractivity contribution in [2.45, 2.75) is 46.7 Å². The Morgan fingerprint density at radius 3 is 2.18 bits per heavy atom. The molecule has 0 fully saturated rings. The molecule has 0 aromatic heterocycles. The lowest BCUT2D eigenvalue weighted by atomic mass is 9.97. The molecule has 0 unspecified atom stereocenters. The first kappa shape index (κ1) is 22.1. The van der Waals surface area contributed by atoms with Crippen molar-refractivity contribution in [1.29, 1.82) is 0 Å². The average Bonchev–Trinajstić information content (AvgIpc) is 2.60. The molecular formula is C22H30N2O3S. The van der Waals surface area contributed by atoms with Crippen molar-refractivity contribution in [1.82, 2.24) is 9.62 Å². The molecule has 0 aliphatic carbocycles. The van der Waals surface area contributed by atoms with Gasteiger partial charge in [-0.2, -0.15) is 4.31 Å². The van der Waals surface area contributed by atoms with Gasteiger partial charge in [0.2, 0.25) is 15.9 Å². The van der Waals surface area contributed by atoms with Crippen LogP contribution in [0.1, 0.15) is 47.2 Å². The lowest BCUT2D eigenvalue weighted by Crippen LogP contribution is -2.41. The summed E-state index contributed by atoms with van der Waals surface area (Å²) in [5.74, 6) is -0.302. The van der Waals surface area contributed by atoms with E-state index in [4.69, 9.17) is 0 Å². The third-order valence-corrected chi connectivity index (χ3v) is 6.01. The number of benzene rings is 2. The fourth-order valence-corrected chi connectivity index (χ4v) is 3.94. The predicted octanol–water partition coefficient (Wildman–Crippen LogP) is 3.64. The molecule has 0 radical (unpaired) electrons. The Balaban J connectivity index is 2.12. The van der Waals surface area contributed by atoms with Gasteiger partial charge in [-0.05, 0) is 43.9 Å². The second-order valence-corrected chi connectivity index (χ2v) is 9.39. The monoisotopic (exact) mass is 402 g/mol. The minimum Gasteiger partial charge on any atom is -0.348 e. The molecule has 0 aliphatic heterocycles. The van der Waals surface area contributed by atoms with E-state index in [-0.39, 0.29) is 25.0 Å². The number of aryl methyl sites for hydroxylation is 3. The summed E-state index contributed by atoms with van der Waals surface area (Å²) >= 11 is 0. The zero-order valence-corrected chi connectivity index (χ0v) is 18.1. The van der Waals surface area contributed by atoms with Gasteiger partial charge in [-0.1, -0.05) is 60.5 Å². The molecule has 2 rings (SSSR count). The van der Waals surface area contributed by atoms with Gasteiger partial charge in [0.05, 0.1) is 18.8 Å². The van der Waals surface area contributed by atoms with Crippen LogP contribution in [-0.4, -0.2) is 31.4 Å². The first-order valence-corrected chi connectivity index (χ1v) is 11.3. The zero-order valence-electron chi connectivity index (χ0n) is 17.3. The van der Waals surface area contributed by atoms with E-state index in [2.05, 4.69) is 11.4 Å². The highest BCUT2D eigenvalue weighted by atomic mass is 32.2. The molecule has 0 saturated heterocycles. The minimum absolute atomic E-state index is 0.145. The SMILES string of the molecule is CC[C@H](NC(=O)CN(Cc1ccc(C)cc1)S(C)(=O)=O)c1ccc(C)cc1C. The molecule has 0 aliphatic rings. The normalized spacial score (nSPS) is 12.8. The number of amides is 1. The molecular weight excluding hydrogens is 372 g/mol. The van der Waals surface area contributed by atoms with Gasteiger partial charge < -0.3 is 5.32 Å². The molecule has 0 spiro atoms. The minimum atomic E-state index is -3.52. The van der Waals surface area contributed by atoms with Gasteiger partial charge in [0.25, 0.3) is 0 Å². The second kappa shape index (κ2) is 9.34. The van der Waals surface area contributed by atoms with Crippen LogP contribution in [0.4, 0.5) is 0 Å². The average molecular weight is 403 g/mol. The van der Waals surface area contributed by atoms with E-state index in [0.717, 1.165) is 34.9 Å². The Labute approximate surface area is 168 Å². The molecule has 1 amide bonds. The number of nitrogens with one attached hydrogen (secondary N) is 1. The highest BCUT2D eigenvalue weighted by Crippen LogP contribution is 2.22. The van der Waals surface area contributed by atoms with Crippen LogP contribution in [-0.2, 0) is 21.4 Å². The molecule has 0 saturated carbocycles. The van der Waals surface area contributed by atoms with E-state index in [1.54, 1.807) is 0 Å². The van der Waals surface area contributed by atoms with Crippen LogP contribution < -0.4 is 5.32 Å². The highest BCUT2D eigenvalue weighted by molar-refractivity contribution is 7.88. The third-order valence-electron chi connectivity index (χ3n) is 4.81. The van der Waals surface area contributed by atoms with Crippen molar-refractivity contribution < 1.29 is 13.2 Å². The van der Waals surface area contributed by atoms with Gasteiger partial charge in [-0.3, -0.25) is 4.79 Å². The van der Waals surface area contributed by atoms with E-state index in [0.29, 0.717) is 0 Å². The van der Waals surface area contributed by atoms with E-state index < -0.39 is 10.0 Å². The lowest BCUT2D eigenvalue weighted by molar-refractivity contribution is -0.122. The van der Waals surface area contributed by atoms with Gasteiger partial charge in [-0.15, -0.1) is 0 Å². The first-order valence-electron chi connectivity index (χ1n) is 9.47. The summed E-state index contributed by atoms with van der Waals surface area (Å²) in [5, 5.41) is 3.00. The third kappa shape index (κ3) is 6.17. The highest BCUT2D eigenvalue weighted by Gasteiger charge is 2.22. The lowest BCUT2D eigenvalue weighted by Gasteiger charge is -2.23. The summed E-state index contributed by atoms with van der Waals surface area (Å²) in [6.45, 7) is 8.01. The van der Waals surface area contributed by atoms with Gasteiger partial charge in [0.15, 0.2) is 0 Å². The topological polar surface area (TPSA) is 66.5 Å². The van der Waals surface area contributed by atoms with E-state index >= 15 is 0 Å². The van der Waals surface area contributed by atoms with Gasteiger partial charge in [-0.25, -0.2) is 8.42 Å². The Morgan fingerprint density at radius 2 is 1.64 bits per heavy atom. The van der Waals surface area contributed by atoms with Crippen LogP contribution >= 0.6 is 0 Å². The van der Waals surface area contributed by atoms with Crippen LogP contribution in [0.15, 0.2) is 42.5 Å². The smallest absolute Gasteiger partial charge is 0.235 e. The molecule has 5 nitrogen and oxygen atoms in total. The van der Waals surface area contributed by atoms with Crippen molar-refractivity contribution >= 4 is 15.9 Å². The maximum absolute atomic E-state index is 12.6. The molecule has 2 aromatic rings. The molecule has 2 aromatic carbocycles. The Hall–Kier alpha value is -2.18. The van der Waals surface area contributed by atoms with Crippen molar-refractivity contribution in [3.8, 4) is 0 Å². The first-order chi connectivity index (χ1) is 13.1.